The highest BCUT2D eigenvalue weighted by molar-refractivity contribution is 5.70. The first-order valence-corrected chi connectivity index (χ1v) is 4.82. The first-order chi connectivity index (χ1) is 6.61. The highest BCUT2D eigenvalue weighted by Crippen LogP contribution is 2.19. The molecule has 0 aliphatic heterocycles. The third kappa shape index (κ3) is 2.34. The molecular weight excluding hydrogens is 180 g/mol. The van der Waals surface area contributed by atoms with Crippen LogP contribution in [0.1, 0.15) is 33.6 Å². The summed E-state index contributed by atoms with van der Waals surface area (Å²) in [5.74, 6) is 0. The van der Waals surface area contributed by atoms with Crippen molar-refractivity contribution in [1.29, 1.82) is 0 Å². The Morgan fingerprint density at radius 2 is 2.14 bits per heavy atom. The van der Waals surface area contributed by atoms with Crippen LogP contribution in [0.25, 0.3) is 0 Å². The molecule has 0 aliphatic carbocycles. The topological polar surface area (TPSA) is 44.1 Å². The Hall–Kier alpha value is -1.32. The lowest BCUT2D eigenvalue weighted by Gasteiger charge is -2.26. The van der Waals surface area contributed by atoms with E-state index in [1.54, 1.807) is 12.4 Å². The number of ether oxygens (including phenoxy) is 1. The summed E-state index contributed by atoms with van der Waals surface area (Å²) in [5.41, 5.74) is -0.374. The molecule has 0 bridgehead atoms. The summed E-state index contributed by atoms with van der Waals surface area (Å²) in [7, 11) is 0. The van der Waals surface area contributed by atoms with Crippen molar-refractivity contribution in [2.45, 2.75) is 39.2 Å². The zero-order valence-corrected chi connectivity index (χ0v) is 8.86. The van der Waals surface area contributed by atoms with Crippen molar-refractivity contribution in [2.24, 2.45) is 0 Å². The van der Waals surface area contributed by atoms with Crippen LogP contribution in [0.3, 0.4) is 0 Å². The Labute approximate surface area is 83.9 Å². The number of hydrogen-bond donors (Lipinski definition) is 0. The molecule has 0 N–H and O–H groups in total. The Morgan fingerprint density at radius 3 is 2.57 bits per heavy atom. The van der Waals surface area contributed by atoms with Crippen LogP contribution in [0.15, 0.2) is 18.7 Å². The van der Waals surface area contributed by atoms with Crippen LogP contribution in [-0.2, 0) is 4.74 Å². The molecule has 0 radical (unpaired) electrons. The monoisotopic (exact) mass is 196 g/mol. The van der Waals surface area contributed by atoms with Crippen LogP contribution < -0.4 is 0 Å². The number of hydrogen-bond acceptors (Lipinski definition) is 3. The fourth-order valence-corrected chi connectivity index (χ4v) is 1.02. The van der Waals surface area contributed by atoms with E-state index in [1.165, 1.54) is 10.9 Å². The van der Waals surface area contributed by atoms with Crippen molar-refractivity contribution < 1.29 is 9.53 Å². The molecule has 14 heavy (non-hydrogen) atoms. The first-order valence-electron chi connectivity index (χ1n) is 4.82. The average Bonchev–Trinajstić information content (AvgIpc) is 2.70. The predicted molar refractivity (Wildman–Crippen MR) is 53.1 cm³/mol. The second-order valence-electron chi connectivity index (χ2n) is 3.49. The number of nitrogens with zero attached hydrogens (tertiary/aromatic N) is 2. The van der Waals surface area contributed by atoms with Gasteiger partial charge in [0.25, 0.3) is 0 Å². The van der Waals surface area contributed by atoms with Crippen LogP contribution in [0, 0.1) is 0 Å². The second kappa shape index (κ2) is 4.26. The normalized spacial score (nSPS) is 11.4. The summed E-state index contributed by atoms with van der Waals surface area (Å²) in [6, 6.07) is 0. The van der Waals surface area contributed by atoms with Crippen LogP contribution in [-0.4, -0.2) is 21.2 Å². The van der Waals surface area contributed by atoms with E-state index >= 15 is 0 Å². The van der Waals surface area contributed by atoms with E-state index in [0.717, 1.165) is 12.8 Å². The van der Waals surface area contributed by atoms with E-state index in [0.29, 0.717) is 0 Å². The van der Waals surface area contributed by atoms with Crippen molar-refractivity contribution in [3.63, 3.8) is 0 Å². The van der Waals surface area contributed by atoms with Gasteiger partial charge in [0, 0.05) is 12.4 Å². The van der Waals surface area contributed by atoms with E-state index < -0.39 is 0 Å². The van der Waals surface area contributed by atoms with Crippen LogP contribution >= 0.6 is 0 Å². The third-order valence-electron chi connectivity index (χ3n) is 2.54. The second-order valence-corrected chi connectivity index (χ2v) is 3.49. The fraction of sp³-hybridized carbons (Fsp3) is 0.600. The van der Waals surface area contributed by atoms with Gasteiger partial charge in [-0.3, -0.25) is 0 Å². The highest BCUT2D eigenvalue weighted by Gasteiger charge is 2.24. The summed E-state index contributed by atoms with van der Waals surface area (Å²) in [5, 5.41) is 0. The van der Waals surface area contributed by atoms with Crippen LogP contribution in [0.5, 0.6) is 0 Å². The largest absolute Gasteiger partial charge is 0.443 e. The minimum Gasteiger partial charge on any atom is -0.443 e. The van der Waals surface area contributed by atoms with E-state index in [9.17, 15) is 4.79 Å². The van der Waals surface area contributed by atoms with Gasteiger partial charge < -0.3 is 4.74 Å². The van der Waals surface area contributed by atoms with E-state index in [-0.39, 0.29) is 11.7 Å². The maximum atomic E-state index is 11.5. The Bertz CT molecular complexity index is 289. The molecular formula is C10H16N2O2. The predicted octanol–water partition coefficient (Wildman–Crippen LogP) is 2.45. The summed E-state index contributed by atoms with van der Waals surface area (Å²) in [4.78, 5) is 15.3. The molecule has 0 atom stereocenters. The maximum absolute atomic E-state index is 11.5. The lowest BCUT2D eigenvalue weighted by molar-refractivity contribution is 0.0200. The minimum absolute atomic E-state index is 0.367. The zero-order valence-electron chi connectivity index (χ0n) is 8.86. The maximum Gasteiger partial charge on any atom is 0.419 e. The highest BCUT2D eigenvalue weighted by atomic mass is 16.6. The van der Waals surface area contributed by atoms with Gasteiger partial charge in [0.15, 0.2) is 0 Å². The standard InChI is InChI=1S/C10H16N2O2/c1-4-10(3,5-2)14-9(13)12-7-6-11-8-12/h6-8H,4-5H2,1-3H3. The van der Waals surface area contributed by atoms with Crippen molar-refractivity contribution in [3.05, 3.63) is 18.7 Å². The SMILES string of the molecule is CCC(C)(CC)OC(=O)n1ccnc1. The van der Waals surface area contributed by atoms with Crippen molar-refractivity contribution in [3.8, 4) is 0 Å². The van der Waals surface area contributed by atoms with Gasteiger partial charge in [0.05, 0.1) is 0 Å². The van der Waals surface area contributed by atoms with Gasteiger partial charge in [0.2, 0.25) is 0 Å². The van der Waals surface area contributed by atoms with E-state index in [4.69, 9.17) is 4.74 Å². The minimum atomic E-state index is -0.374. The van der Waals surface area contributed by atoms with Crippen molar-refractivity contribution in [2.75, 3.05) is 0 Å². The molecule has 78 valence electrons. The van der Waals surface area contributed by atoms with Gasteiger partial charge in [-0.25, -0.2) is 14.3 Å². The summed E-state index contributed by atoms with van der Waals surface area (Å²) in [6.07, 6.45) is 5.82. The van der Waals surface area contributed by atoms with Gasteiger partial charge in [-0.05, 0) is 19.8 Å². The average molecular weight is 196 g/mol. The molecule has 0 spiro atoms. The Kier molecular flexibility index (Phi) is 3.28. The number of imidazole rings is 1. The molecule has 1 rings (SSSR count). The number of rotatable bonds is 3. The van der Waals surface area contributed by atoms with Crippen LogP contribution in [0.4, 0.5) is 4.79 Å². The van der Waals surface area contributed by atoms with Gasteiger partial charge in [-0.15, -0.1) is 0 Å². The first kappa shape index (κ1) is 10.8. The smallest absolute Gasteiger partial charge is 0.419 e. The third-order valence-corrected chi connectivity index (χ3v) is 2.54. The molecule has 0 saturated carbocycles. The molecule has 4 heteroatoms. The van der Waals surface area contributed by atoms with E-state index in [2.05, 4.69) is 4.98 Å². The zero-order chi connectivity index (χ0) is 10.6. The lowest BCUT2D eigenvalue weighted by atomic mass is 10.0. The molecule has 0 aromatic carbocycles. The number of carbonyl (C=O) groups excluding carboxylic acids is 1. The molecule has 1 aromatic rings. The number of aromatic nitrogens is 2. The molecule has 1 aromatic heterocycles. The van der Waals surface area contributed by atoms with Crippen molar-refractivity contribution >= 4 is 6.09 Å². The van der Waals surface area contributed by atoms with Gasteiger partial charge in [-0.2, -0.15) is 0 Å². The Morgan fingerprint density at radius 1 is 1.50 bits per heavy atom. The van der Waals surface area contributed by atoms with Gasteiger partial charge in [-0.1, -0.05) is 13.8 Å². The van der Waals surface area contributed by atoms with Gasteiger partial charge in [0.1, 0.15) is 11.9 Å². The van der Waals surface area contributed by atoms with E-state index in [1.807, 2.05) is 20.8 Å². The van der Waals surface area contributed by atoms with Crippen molar-refractivity contribution in [1.82, 2.24) is 9.55 Å². The Balaban J connectivity index is 2.65. The summed E-state index contributed by atoms with van der Waals surface area (Å²) in [6.45, 7) is 5.94. The molecule has 0 aliphatic rings. The lowest BCUT2D eigenvalue weighted by Crippen LogP contribution is -2.31. The van der Waals surface area contributed by atoms with Crippen LogP contribution in [0.2, 0.25) is 0 Å². The quantitative estimate of drug-likeness (QED) is 0.745. The molecule has 0 unspecified atom stereocenters. The fourth-order valence-electron chi connectivity index (χ4n) is 1.02. The summed E-state index contributed by atoms with van der Waals surface area (Å²) < 4.78 is 6.70. The molecule has 0 fully saturated rings. The molecule has 0 amide bonds. The summed E-state index contributed by atoms with van der Waals surface area (Å²) >= 11 is 0. The molecule has 4 nitrogen and oxygen atoms in total. The number of carbonyl (C=O) groups is 1. The molecule has 1 heterocycles. The van der Waals surface area contributed by atoms with Gasteiger partial charge >= 0.3 is 6.09 Å². The molecule has 0 saturated heterocycles.